The Morgan fingerprint density at radius 3 is 1.95 bits per heavy atom. The van der Waals surface area contributed by atoms with Crippen LogP contribution in [0.4, 0.5) is 5.82 Å². The molecular weight excluding hydrogens is 518 g/mol. The van der Waals surface area contributed by atoms with E-state index in [0.29, 0.717) is 11.2 Å². The van der Waals surface area contributed by atoms with E-state index in [1.807, 2.05) is 91.0 Å². The summed E-state index contributed by atoms with van der Waals surface area (Å²) in [7, 11) is 0. The van der Waals surface area contributed by atoms with Crippen LogP contribution in [0.5, 0.6) is 0 Å². The van der Waals surface area contributed by atoms with E-state index in [1.54, 1.807) is 4.57 Å². The Morgan fingerprint density at radius 2 is 1.44 bits per heavy atom. The number of benzene rings is 3. The second-order valence-corrected chi connectivity index (χ2v) is 9.64. The number of aromatic nitrogens is 4. The van der Waals surface area contributed by atoms with Crippen LogP contribution in [-0.4, -0.2) is 54.7 Å². The van der Waals surface area contributed by atoms with E-state index < -0.39 is 36.7 Å². The minimum absolute atomic E-state index is 0.0522. The predicted molar refractivity (Wildman–Crippen MR) is 146 cm³/mol. The summed E-state index contributed by atoms with van der Waals surface area (Å²) in [6.07, 6.45) is -2.53. The highest BCUT2D eigenvalue weighted by Crippen LogP contribution is 2.45. The first kappa shape index (κ1) is 25.4. The molecule has 1 fully saturated rings. The molecule has 0 saturated carbocycles. The van der Waals surface area contributed by atoms with Crippen molar-refractivity contribution in [3.63, 3.8) is 0 Å². The van der Waals surface area contributed by atoms with Gasteiger partial charge in [0.15, 0.2) is 17.7 Å². The quantitative estimate of drug-likeness (QED) is 0.209. The van der Waals surface area contributed by atoms with E-state index in [9.17, 15) is 10.2 Å². The third-order valence-electron chi connectivity index (χ3n) is 7.04. The monoisotopic (exact) mass is 543 g/mol. The van der Waals surface area contributed by atoms with E-state index in [0.717, 1.165) is 16.7 Å². The van der Waals surface area contributed by atoms with Gasteiger partial charge in [0.25, 0.3) is 0 Å². The number of halogens is 1. The third-order valence-corrected chi connectivity index (χ3v) is 7.21. The number of nitrogens with zero attached hydrogens (tertiary/aromatic N) is 4. The Balaban J connectivity index is 1.56. The fourth-order valence-electron chi connectivity index (χ4n) is 5.24. The summed E-state index contributed by atoms with van der Waals surface area (Å²) in [6.45, 7) is -0.420. The standard InChI is InChI=1S/C29H26ClN5O4/c30-28-33-25(31)22-26(34-28)35(17-32-22)27-24(23(37)21(16-36)38-27)39-29(18-10-4-1-5-11-18,19-12-6-2-7-13-19)20-14-8-3-9-15-20/h1-15,17,21,23-24,27,36-37H,16H2,(H2,31,33,34)/t21-,23-,24-,27-/m1/s1. The van der Waals surface area contributed by atoms with Gasteiger partial charge in [-0.05, 0) is 28.3 Å². The zero-order valence-corrected chi connectivity index (χ0v) is 21.5. The van der Waals surface area contributed by atoms with E-state index in [-0.39, 0.29) is 11.1 Å². The zero-order valence-electron chi connectivity index (χ0n) is 20.7. The van der Waals surface area contributed by atoms with Gasteiger partial charge >= 0.3 is 0 Å². The molecule has 2 aromatic heterocycles. The van der Waals surface area contributed by atoms with Crippen LogP contribution in [0.1, 0.15) is 22.9 Å². The normalized spacial score (nSPS) is 21.4. The summed E-state index contributed by atoms with van der Waals surface area (Å²) in [6, 6.07) is 29.4. The Hall–Kier alpha value is -3.86. The summed E-state index contributed by atoms with van der Waals surface area (Å²) in [5.74, 6) is 0.116. The number of ether oxygens (including phenoxy) is 2. The van der Waals surface area contributed by atoms with Crippen LogP contribution < -0.4 is 5.73 Å². The maximum atomic E-state index is 11.5. The minimum atomic E-state index is -1.19. The molecule has 4 N–H and O–H groups in total. The topological polar surface area (TPSA) is 129 Å². The Labute approximate surface area is 229 Å². The molecular formula is C29H26ClN5O4. The maximum absolute atomic E-state index is 11.5. The lowest BCUT2D eigenvalue weighted by atomic mass is 9.79. The molecule has 10 heteroatoms. The van der Waals surface area contributed by atoms with E-state index >= 15 is 0 Å². The first-order chi connectivity index (χ1) is 19.0. The second-order valence-electron chi connectivity index (χ2n) is 9.30. The van der Waals surface area contributed by atoms with Gasteiger partial charge in [-0.1, -0.05) is 91.0 Å². The van der Waals surface area contributed by atoms with Gasteiger partial charge in [0, 0.05) is 0 Å². The third kappa shape index (κ3) is 4.34. The molecule has 6 rings (SSSR count). The Bertz CT molecular complexity index is 1470. The molecule has 9 nitrogen and oxygen atoms in total. The number of hydrogen-bond acceptors (Lipinski definition) is 8. The average Bonchev–Trinajstić information content (AvgIpc) is 3.53. The lowest BCUT2D eigenvalue weighted by molar-refractivity contribution is -0.122. The predicted octanol–water partition coefficient (Wildman–Crippen LogP) is 3.69. The van der Waals surface area contributed by atoms with Gasteiger partial charge in [-0.3, -0.25) is 4.57 Å². The van der Waals surface area contributed by atoms with Crippen LogP contribution >= 0.6 is 11.6 Å². The highest BCUT2D eigenvalue weighted by molar-refractivity contribution is 6.28. The molecule has 1 saturated heterocycles. The fraction of sp³-hybridized carbons (Fsp3) is 0.207. The van der Waals surface area contributed by atoms with Gasteiger partial charge < -0.3 is 25.4 Å². The lowest BCUT2D eigenvalue weighted by Crippen LogP contribution is -2.44. The first-order valence-corrected chi connectivity index (χ1v) is 12.8. The van der Waals surface area contributed by atoms with Crippen molar-refractivity contribution >= 4 is 28.6 Å². The van der Waals surface area contributed by atoms with Crippen molar-refractivity contribution in [3.05, 3.63) is 119 Å². The molecule has 0 aliphatic carbocycles. The van der Waals surface area contributed by atoms with Crippen LogP contribution in [-0.2, 0) is 15.1 Å². The Morgan fingerprint density at radius 1 is 0.897 bits per heavy atom. The molecule has 0 radical (unpaired) electrons. The number of aliphatic hydroxyl groups excluding tert-OH is 2. The smallest absolute Gasteiger partial charge is 0.226 e. The summed E-state index contributed by atoms with van der Waals surface area (Å²) in [5.41, 5.74) is 8.11. The van der Waals surface area contributed by atoms with Crippen LogP contribution in [0.15, 0.2) is 97.3 Å². The second kappa shape index (κ2) is 10.4. The van der Waals surface area contributed by atoms with Crippen molar-refractivity contribution in [1.29, 1.82) is 0 Å². The molecule has 39 heavy (non-hydrogen) atoms. The van der Waals surface area contributed by atoms with Crippen LogP contribution in [0.3, 0.4) is 0 Å². The molecule has 0 bridgehead atoms. The molecule has 198 valence electrons. The SMILES string of the molecule is Nc1nc(Cl)nc2c1ncn2[C@@H]1O[C@H](CO)[C@@H](O)[C@H]1OC(c1ccccc1)(c1ccccc1)c1ccccc1. The van der Waals surface area contributed by atoms with Gasteiger partial charge in [0.1, 0.15) is 29.4 Å². The molecule has 1 aliphatic heterocycles. The van der Waals surface area contributed by atoms with Crippen molar-refractivity contribution in [2.45, 2.75) is 30.1 Å². The number of imidazole rings is 1. The van der Waals surface area contributed by atoms with Crippen molar-refractivity contribution in [1.82, 2.24) is 19.5 Å². The molecule has 5 aromatic rings. The van der Waals surface area contributed by atoms with Crippen LogP contribution in [0.2, 0.25) is 5.28 Å². The summed E-state index contributed by atoms with van der Waals surface area (Å²) >= 11 is 6.12. The van der Waals surface area contributed by atoms with Gasteiger partial charge in [-0.2, -0.15) is 9.97 Å². The van der Waals surface area contributed by atoms with E-state index in [4.69, 9.17) is 26.8 Å². The number of rotatable bonds is 7. The molecule has 3 heterocycles. The molecule has 0 spiro atoms. The van der Waals surface area contributed by atoms with Crippen molar-refractivity contribution in [2.75, 3.05) is 12.3 Å². The van der Waals surface area contributed by atoms with Gasteiger partial charge in [-0.15, -0.1) is 0 Å². The summed E-state index contributed by atoms with van der Waals surface area (Å²) in [5, 5.41) is 21.5. The van der Waals surface area contributed by atoms with Gasteiger partial charge in [0.05, 0.1) is 12.9 Å². The first-order valence-electron chi connectivity index (χ1n) is 12.5. The Kier molecular flexibility index (Phi) is 6.76. The number of anilines is 1. The molecule has 0 amide bonds. The maximum Gasteiger partial charge on any atom is 0.226 e. The molecule has 4 atom stereocenters. The van der Waals surface area contributed by atoms with E-state index in [1.165, 1.54) is 6.33 Å². The molecule has 0 unspecified atom stereocenters. The highest BCUT2D eigenvalue weighted by Gasteiger charge is 2.51. The highest BCUT2D eigenvalue weighted by atomic mass is 35.5. The number of nitrogen functional groups attached to an aromatic ring is 1. The van der Waals surface area contributed by atoms with Crippen molar-refractivity contribution < 1.29 is 19.7 Å². The van der Waals surface area contributed by atoms with Gasteiger partial charge in [0.2, 0.25) is 5.28 Å². The summed E-state index contributed by atoms with van der Waals surface area (Å²) < 4.78 is 14.9. The number of aliphatic hydroxyl groups is 2. The van der Waals surface area contributed by atoms with Crippen LogP contribution in [0.25, 0.3) is 11.2 Å². The number of nitrogens with two attached hydrogens (primary N) is 1. The molecule has 1 aliphatic rings. The van der Waals surface area contributed by atoms with Crippen LogP contribution in [0, 0.1) is 0 Å². The summed E-state index contributed by atoms with van der Waals surface area (Å²) in [4.78, 5) is 12.7. The zero-order chi connectivity index (χ0) is 27.0. The average molecular weight is 544 g/mol. The van der Waals surface area contributed by atoms with Crippen molar-refractivity contribution in [3.8, 4) is 0 Å². The molecule has 3 aromatic carbocycles. The van der Waals surface area contributed by atoms with Crippen molar-refractivity contribution in [2.24, 2.45) is 0 Å². The fourth-order valence-corrected chi connectivity index (χ4v) is 5.41. The van der Waals surface area contributed by atoms with E-state index in [2.05, 4.69) is 15.0 Å². The largest absolute Gasteiger partial charge is 0.394 e. The minimum Gasteiger partial charge on any atom is -0.394 e. The number of fused-ring (bicyclic) bond motifs is 1. The lowest BCUT2D eigenvalue weighted by Gasteiger charge is -2.40. The van der Waals surface area contributed by atoms with Gasteiger partial charge in [-0.25, -0.2) is 4.98 Å². The number of hydrogen-bond donors (Lipinski definition) is 3.